The molecule has 0 spiro atoms. The predicted molar refractivity (Wildman–Crippen MR) is 63.0 cm³/mol. The molecule has 1 heterocycles. The molecule has 0 aromatic heterocycles. The van der Waals surface area contributed by atoms with Crippen LogP contribution >= 0.6 is 0 Å². The number of para-hydroxylation sites is 1. The van der Waals surface area contributed by atoms with Gasteiger partial charge in [-0.3, -0.25) is 0 Å². The van der Waals surface area contributed by atoms with Crippen molar-refractivity contribution < 1.29 is 9.50 Å². The fourth-order valence-electron chi connectivity index (χ4n) is 2.34. The third-order valence-electron chi connectivity index (χ3n) is 3.21. The highest BCUT2D eigenvalue weighted by atomic mass is 19.1. The van der Waals surface area contributed by atoms with Crippen LogP contribution in [0.4, 0.5) is 10.1 Å². The minimum Gasteiger partial charge on any atom is -0.389 e. The van der Waals surface area contributed by atoms with Crippen LogP contribution in [0.1, 0.15) is 31.9 Å². The summed E-state index contributed by atoms with van der Waals surface area (Å²) >= 11 is 0. The van der Waals surface area contributed by atoms with E-state index in [9.17, 15) is 9.50 Å². The van der Waals surface area contributed by atoms with E-state index in [1.165, 1.54) is 6.07 Å². The maximum Gasteiger partial charge on any atom is 0.146 e. The average Bonchev–Trinajstić information content (AvgIpc) is 2.64. The van der Waals surface area contributed by atoms with Gasteiger partial charge in [0.1, 0.15) is 5.82 Å². The van der Waals surface area contributed by atoms with Gasteiger partial charge in [-0.25, -0.2) is 4.39 Å². The first-order chi connectivity index (χ1) is 7.59. The van der Waals surface area contributed by atoms with Crippen LogP contribution in [0, 0.1) is 11.7 Å². The molecule has 1 aliphatic heterocycles. The molecule has 1 aromatic carbocycles. The Morgan fingerprint density at radius 2 is 2.25 bits per heavy atom. The molecule has 0 radical (unpaired) electrons. The first-order valence-corrected chi connectivity index (χ1v) is 5.81. The molecule has 2 nitrogen and oxygen atoms in total. The summed E-state index contributed by atoms with van der Waals surface area (Å²) in [6, 6.07) is 4.91. The number of aliphatic hydroxyl groups excluding tert-OH is 1. The summed E-state index contributed by atoms with van der Waals surface area (Å²) < 4.78 is 13.8. The zero-order chi connectivity index (χ0) is 11.7. The molecule has 0 bridgehead atoms. The minimum absolute atomic E-state index is 0.229. The highest BCUT2D eigenvalue weighted by Crippen LogP contribution is 2.32. The van der Waals surface area contributed by atoms with Crippen molar-refractivity contribution in [2.75, 3.05) is 18.0 Å². The first-order valence-electron chi connectivity index (χ1n) is 5.81. The van der Waals surface area contributed by atoms with E-state index in [1.807, 2.05) is 4.90 Å². The molecule has 2 rings (SSSR count). The van der Waals surface area contributed by atoms with Crippen molar-refractivity contribution in [2.24, 2.45) is 5.92 Å². The molecule has 1 N–H and O–H groups in total. The Labute approximate surface area is 95.7 Å². The zero-order valence-electron chi connectivity index (χ0n) is 9.78. The molecule has 3 heteroatoms. The van der Waals surface area contributed by atoms with Gasteiger partial charge in [0, 0.05) is 18.7 Å². The molecule has 1 unspecified atom stereocenters. The molecule has 1 saturated heterocycles. The smallest absolute Gasteiger partial charge is 0.146 e. The van der Waals surface area contributed by atoms with Gasteiger partial charge in [-0.15, -0.1) is 0 Å². The van der Waals surface area contributed by atoms with Gasteiger partial charge in [0.25, 0.3) is 0 Å². The molecule has 0 saturated carbocycles. The minimum atomic E-state index is -0.624. The van der Waals surface area contributed by atoms with Crippen molar-refractivity contribution in [1.29, 1.82) is 0 Å². The summed E-state index contributed by atoms with van der Waals surface area (Å²) in [7, 11) is 0. The molecule has 1 aliphatic rings. The van der Waals surface area contributed by atoms with Crippen LogP contribution in [-0.4, -0.2) is 18.2 Å². The van der Waals surface area contributed by atoms with E-state index in [-0.39, 0.29) is 5.82 Å². The predicted octanol–water partition coefficient (Wildman–Crippen LogP) is 2.73. The third kappa shape index (κ3) is 2.05. The van der Waals surface area contributed by atoms with Crippen LogP contribution in [0.5, 0.6) is 0 Å². The Kier molecular flexibility index (Phi) is 3.15. The highest BCUT2D eigenvalue weighted by molar-refractivity contribution is 5.56. The van der Waals surface area contributed by atoms with Gasteiger partial charge < -0.3 is 10.0 Å². The summed E-state index contributed by atoms with van der Waals surface area (Å²) in [5.74, 6) is 0.369. The van der Waals surface area contributed by atoms with E-state index in [2.05, 4.69) is 6.92 Å². The Hall–Kier alpha value is -1.09. The van der Waals surface area contributed by atoms with E-state index in [4.69, 9.17) is 0 Å². The monoisotopic (exact) mass is 223 g/mol. The third-order valence-corrected chi connectivity index (χ3v) is 3.21. The quantitative estimate of drug-likeness (QED) is 0.833. The number of anilines is 1. The van der Waals surface area contributed by atoms with Crippen LogP contribution in [0.25, 0.3) is 0 Å². The van der Waals surface area contributed by atoms with Crippen molar-refractivity contribution in [3.63, 3.8) is 0 Å². The lowest BCUT2D eigenvalue weighted by molar-refractivity contribution is 0.199. The van der Waals surface area contributed by atoms with E-state index >= 15 is 0 Å². The molecular formula is C13H18FNO. The summed E-state index contributed by atoms with van der Waals surface area (Å²) in [6.07, 6.45) is 0.467. The van der Waals surface area contributed by atoms with Gasteiger partial charge in [-0.2, -0.15) is 0 Å². The summed E-state index contributed by atoms with van der Waals surface area (Å²) in [6.45, 7) is 5.60. The van der Waals surface area contributed by atoms with Gasteiger partial charge in [-0.1, -0.05) is 19.1 Å². The molecular weight excluding hydrogens is 205 g/mol. The number of nitrogens with zero attached hydrogens (tertiary/aromatic N) is 1. The Bertz CT molecular complexity index is 378. The average molecular weight is 223 g/mol. The van der Waals surface area contributed by atoms with Crippen LogP contribution < -0.4 is 4.90 Å². The van der Waals surface area contributed by atoms with Crippen molar-refractivity contribution in [3.8, 4) is 0 Å². The lowest BCUT2D eigenvalue weighted by Crippen LogP contribution is -2.22. The Balaban J connectivity index is 2.38. The van der Waals surface area contributed by atoms with Gasteiger partial charge >= 0.3 is 0 Å². The van der Waals surface area contributed by atoms with Crippen molar-refractivity contribution >= 4 is 5.69 Å². The second kappa shape index (κ2) is 4.42. The van der Waals surface area contributed by atoms with E-state index in [1.54, 1.807) is 19.1 Å². The molecule has 1 fully saturated rings. The lowest BCUT2D eigenvalue weighted by atomic mass is 10.1. The second-order valence-corrected chi connectivity index (χ2v) is 4.69. The van der Waals surface area contributed by atoms with Crippen molar-refractivity contribution in [3.05, 3.63) is 29.6 Å². The zero-order valence-corrected chi connectivity index (χ0v) is 9.78. The molecule has 1 aromatic rings. The summed E-state index contributed by atoms with van der Waals surface area (Å²) in [5.41, 5.74) is 1.27. The second-order valence-electron chi connectivity index (χ2n) is 4.69. The largest absolute Gasteiger partial charge is 0.389 e. The fourth-order valence-corrected chi connectivity index (χ4v) is 2.34. The van der Waals surface area contributed by atoms with E-state index in [0.29, 0.717) is 17.2 Å². The molecule has 88 valence electrons. The number of rotatable bonds is 2. The Morgan fingerprint density at radius 3 is 2.81 bits per heavy atom. The number of benzene rings is 1. The molecule has 2 atom stereocenters. The molecule has 16 heavy (non-hydrogen) atoms. The van der Waals surface area contributed by atoms with Gasteiger partial charge in [-0.05, 0) is 25.3 Å². The van der Waals surface area contributed by atoms with Crippen molar-refractivity contribution in [2.45, 2.75) is 26.4 Å². The summed E-state index contributed by atoms with van der Waals surface area (Å²) in [4.78, 5) is 2.04. The van der Waals surface area contributed by atoms with Crippen LogP contribution in [0.3, 0.4) is 0 Å². The Morgan fingerprint density at radius 1 is 1.50 bits per heavy atom. The maximum absolute atomic E-state index is 13.8. The first kappa shape index (κ1) is 11.4. The van der Waals surface area contributed by atoms with Gasteiger partial charge in [0.05, 0.1) is 11.8 Å². The van der Waals surface area contributed by atoms with Gasteiger partial charge in [0.2, 0.25) is 0 Å². The maximum atomic E-state index is 13.8. The fraction of sp³-hybridized carbons (Fsp3) is 0.538. The number of aliphatic hydroxyl groups is 1. The van der Waals surface area contributed by atoms with E-state index < -0.39 is 6.10 Å². The van der Waals surface area contributed by atoms with Crippen LogP contribution in [0.2, 0.25) is 0 Å². The van der Waals surface area contributed by atoms with E-state index in [0.717, 1.165) is 19.5 Å². The highest BCUT2D eigenvalue weighted by Gasteiger charge is 2.24. The number of halogens is 1. The lowest BCUT2D eigenvalue weighted by Gasteiger charge is -2.23. The van der Waals surface area contributed by atoms with Crippen LogP contribution in [0.15, 0.2) is 18.2 Å². The standard InChI is InChI=1S/C13H18FNO/c1-9-6-7-15(8-9)13-11(10(2)16)4-3-5-12(13)14/h3-5,9-10,16H,6-8H2,1-2H3/t9?,10-/m0/s1. The number of hydrogen-bond acceptors (Lipinski definition) is 2. The summed E-state index contributed by atoms with van der Waals surface area (Å²) in [5, 5.41) is 9.66. The number of hydrogen-bond donors (Lipinski definition) is 1. The van der Waals surface area contributed by atoms with Crippen LogP contribution in [-0.2, 0) is 0 Å². The SMILES string of the molecule is CC1CCN(c2c(F)cccc2[C@H](C)O)C1. The topological polar surface area (TPSA) is 23.5 Å². The van der Waals surface area contributed by atoms with Gasteiger partial charge in [0.15, 0.2) is 0 Å². The van der Waals surface area contributed by atoms with Crippen molar-refractivity contribution in [1.82, 2.24) is 0 Å². The normalized spacial score (nSPS) is 22.5. The molecule has 0 aliphatic carbocycles. The molecule has 0 amide bonds.